The lowest BCUT2D eigenvalue weighted by Gasteiger charge is -2.02. The van der Waals surface area contributed by atoms with E-state index >= 15 is 0 Å². The van der Waals surface area contributed by atoms with Crippen molar-refractivity contribution in [2.45, 2.75) is 6.92 Å². The van der Waals surface area contributed by atoms with Crippen LogP contribution < -0.4 is 0 Å². The van der Waals surface area contributed by atoms with Gasteiger partial charge in [0.25, 0.3) is 0 Å². The summed E-state index contributed by atoms with van der Waals surface area (Å²) < 4.78 is 0. The molecule has 70 valence electrons. The van der Waals surface area contributed by atoms with Gasteiger partial charge in [0.05, 0.1) is 6.61 Å². The Morgan fingerprint density at radius 2 is 1.85 bits per heavy atom. The lowest BCUT2D eigenvalue weighted by atomic mass is 10.1. The molecule has 0 amide bonds. The lowest BCUT2D eigenvalue weighted by molar-refractivity contribution is 0.343. The second-order valence-electron chi connectivity index (χ2n) is 2.73. The topological polar surface area (TPSA) is 20.2 Å². The van der Waals surface area contributed by atoms with Crippen LogP contribution in [0.15, 0.2) is 24.3 Å². The van der Waals surface area contributed by atoms with Crippen molar-refractivity contribution in [1.29, 1.82) is 0 Å². The van der Waals surface area contributed by atoms with Gasteiger partial charge in [0, 0.05) is 10.0 Å². The Labute approximate surface area is 87.6 Å². The Morgan fingerprint density at radius 3 is 2.31 bits per heavy atom. The van der Waals surface area contributed by atoms with Crippen molar-refractivity contribution in [1.82, 2.24) is 0 Å². The van der Waals surface area contributed by atoms with Gasteiger partial charge >= 0.3 is 0 Å². The quantitative estimate of drug-likeness (QED) is 0.804. The fourth-order valence-corrected chi connectivity index (χ4v) is 1.56. The van der Waals surface area contributed by atoms with Crippen LogP contribution in [0.5, 0.6) is 0 Å². The summed E-state index contributed by atoms with van der Waals surface area (Å²) in [5.41, 5.74) is 1.90. The molecule has 1 N–H and O–H groups in total. The van der Waals surface area contributed by atoms with Crippen LogP contribution in [0, 0.1) is 0 Å². The summed E-state index contributed by atoms with van der Waals surface area (Å²) >= 11 is 11.6. The maximum atomic E-state index is 8.69. The predicted octanol–water partition coefficient (Wildman–Crippen LogP) is 3.39. The van der Waals surface area contributed by atoms with E-state index in [-0.39, 0.29) is 6.61 Å². The third kappa shape index (κ3) is 3.03. The van der Waals surface area contributed by atoms with E-state index in [4.69, 9.17) is 28.3 Å². The molecular formula is C10H10Cl2O. The molecule has 0 saturated heterocycles. The largest absolute Gasteiger partial charge is 0.392 e. The van der Waals surface area contributed by atoms with Crippen LogP contribution in [0.1, 0.15) is 12.5 Å². The zero-order chi connectivity index (χ0) is 9.84. The molecule has 0 saturated carbocycles. The average molecular weight is 217 g/mol. The Bertz CT molecular complexity index is 311. The smallest absolute Gasteiger partial charge is 0.0618 e. The third-order valence-electron chi connectivity index (χ3n) is 1.72. The molecule has 0 aliphatic heterocycles. The summed E-state index contributed by atoms with van der Waals surface area (Å²) in [6.07, 6.45) is 1.71. The first-order chi connectivity index (χ1) is 6.13. The second-order valence-corrected chi connectivity index (χ2v) is 3.60. The molecule has 0 bridgehead atoms. The molecule has 0 radical (unpaired) electrons. The second kappa shape index (κ2) is 4.66. The first-order valence-corrected chi connectivity index (χ1v) is 4.63. The summed E-state index contributed by atoms with van der Waals surface area (Å²) in [4.78, 5) is 0. The van der Waals surface area contributed by atoms with Crippen molar-refractivity contribution in [2.75, 3.05) is 6.61 Å². The van der Waals surface area contributed by atoms with Gasteiger partial charge in [-0.25, -0.2) is 0 Å². The maximum Gasteiger partial charge on any atom is 0.0618 e. The zero-order valence-electron chi connectivity index (χ0n) is 7.22. The molecule has 0 atom stereocenters. The van der Waals surface area contributed by atoms with Crippen molar-refractivity contribution in [3.05, 3.63) is 39.9 Å². The van der Waals surface area contributed by atoms with Crippen molar-refractivity contribution < 1.29 is 5.11 Å². The van der Waals surface area contributed by atoms with Crippen LogP contribution in [0.3, 0.4) is 0 Å². The van der Waals surface area contributed by atoms with Gasteiger partial charge in [0.1, 0.15) is 0 Å². The van der Waals surface area contributed by atoms with Crippen LogP contribution in [-0.2, 0) is 0 Å². The first kappa shape index (κ1) is 10.6. The van der Waals surface area contributed by atoms with Crippen LogP contribution in [0.4, 0.5) is 0 Å². The minimum atomic E-state index is 0.0238. The van der Waals surface area contributed by atoms with Gasteiger partial charge < -0.3 is 5.11 Å². The Kier molecular flexibility index (Phi) is 3.79. The fourth-order valence-electron chi connectivity index (χ4n) is 1.04. The molecule has 0 aliphatic rings. The number of aliphatic hydroxyl groups is 1. The molecule has 0 spiro atoms. The molecule has 13 heavy (non-hydrogen) atoms. The number of halogens is 2. The minimum absolute atomic E-state index is 0.0238. The molecule has 0 aliphatic carbocycles. The van der Waals surface area contributed by atoms with Gasteiger partial charge in [0.2, 0.25) is 0 Å². The molecule has 1 nitrogen and oxygen atoms in total. The van der Waals surface area contributed by atoms with Crippen LogP contribution in [0.25, 0.3) is 5.57 Å². The van der Waals surface area contributed by atoms with Gasteiger partial charge in [-0.1, -0.05) is 29.3 Å². The van der Waals surface area contributed by atoms with E-state index in [0.717, 1.165) is 11.1 Å². The molecular weight excluding hydrogens is 207 g/mol. The molecule has 0 heterocycles. The molecule has 0 fully saturated rings. The first-order valence-electron chi connectivity index (χ1n) is 3.87. The highest BCUT2D eigenvalue weighted by Gasteiger charge is 1.99. The van der Waals surface area contributed by atoms with E-state index in [2.05, 4.69) is 0 Å². The van der Waals surface area contributed by atoms with Crippen molar-refractivity contribution >= 4 is 28.8 Å². The monoisotopic (exact) mass is 216 g/mol. The van der Waals surface area contributed by atoms with Crippen molar-refractivity contribution in [3.8, 4) is 0 Å². The minimum Gasteiger partial charge on any atom is -0.392 e. The van der Waals surface area contributed by atoms with E-state index in [1.165, 1.54) is 0 Å². The highest BCUT2D eigenvalue weighted by atomic mass is 35.5. The van der Waals surface area contributed by atoms with Gasteiger partial charge in [-0.3, -0.25) is 0 Å². The van der Waals surface area contributed by atoms with E-state index < -0.39 is 0 Å². The summed E-state index contributed by atoms with van der Waals surface area (Å²) in [6, 6.07) is 5.31. The number of benzene rings is 1. The molecule has 1 aromatic carbocycles. The highest BCUT2D eigenvalue weighted by Crippen LogP contribution is 2.23. The summed E-state index contributed by atoms with van der Waals surface area (Å²) in [5, 5.41) is 9.90. The van der Waals surface area contributed by atoms with Gasteiger partial charge in [-0.15, -0.1) is 0 Å². The number of hydrogen-bond donors (Lipinski definition) is 1. The molecule has 0 unspecified atom stereocenters. The third-order valence-corrected chi connectivity index (χ3v) is 2.15. The van der Waals surface area contributed by atoms with Crippen LogP contribution in [-0.4, -0.2) is 11.7 Å². The van der Waals surface area contributed by atoms with Crippen molar-refractivity contribution in [3.63, 3.8) is 0 Å². The SMILES string of the molecule is CC(=CCO)c1cc(Cl)cc(Cl)c1. The maximum absolute atomic E-state index is 8.69. The normalized spacial score (nSPS) is 11.8. The predicted molar refractivity (Wildman–Crippen MR) is 57.2 cm³/mol. The molecule has 1 aromatic rings. The van der Waals surface area contributed by atoms with E-state index in [1.54, 1.807) is 12.1 Å². The number of allylic oxidation sites excluding steroid dienone is 1. The van der Waals surface area contributed by atoms with Crippen LogP contribution in [0.2, 0.25) is 10.0 Å². The fraction of sp³-hybridized carbons (Fsp3) is 0.200. The highest BCUT2D eigenvalue weighted by molar-refractivity contribution is 6.34. The Hall–Kier alpha value is -0.500. The standard InChI is InChI=1S/C10H10Cl2O/c1-7(2-3-13)8-4-9(11)6-10(12)5-8/h2,4-6,13H,3H2,1H3. The summed E-state index contributed by atoms with van der Waals surface area (Å²) in [7, 11) is 0. The average Bonchev–Trinajstić information content (AvgIpc) is 2.03. The zero-order valence-corrected chi connectivity index (χ0v) is 8.73. The van der Waals surface area contributed by atoms with Gasteiger partial charge in [-0.2, -0.15) is 0 Å². The summed E-state index contributed by atoms with van der Waals surface area (Å²) in [6.45, 7) is 1.92. The molecule has 1 rings (SSSR count). The van der Waals surface area contributed by atoms with Gasteiger partial charge in [0.15, 0.2) is 0 Å². The number of rotatable bonds is 2. The van der Waals surface area contributed by atoms with Gasteiger partial charge in [-0.05, 0) is 36.3 Å². The molecule has 0 aromatic heterocycles. The van der Waals surface area contributed by atoms with E-state index in [9.17, 15) is 0 Å². The van der Waals surface area contributed by atoms with E-state index in [1.807, 2.05) is 19.1 Å². The number of hydrogen-bond acceptors (Lipinski definition) is 1. The van der Waals surface area contributed by atoms with Crippen molar-refractivity contribution in [2.24, 2.45) is 0 Å². The lowest BCUT2D eigenvalue weighted by Crippen LogP contribution is -1.82. The summed E-state index contributed by atoms with van der Waals surface area (Å²) in [5.74, 6) is 0. The number of aliphatic hydroxyl groups excluding tert-OH is 1. The Morgan fingerprint density at radius 1 is 1.31 bits per heavy atom. The Balaban J connectivity index is 3.08. The van der Waals surface area contributed by atoms with E-state index in [0.29, 0.717) is 10.0 Å². The van der Waals surface area contributed by atoms with Crippen LogP contribution >= 0.6 is 23.2 Å². The molecule has 3 heteroatoms.